The first-order chi connectivity index (χ1) is 16.3. The molecule has 1 aromatic heterocycles. The topological polar surface area (TPSA) is 136 Å². The first-order valence-corrected chi connectivity index (χ1v) is 10.4. The van der Waals surface area contributed by atoms with Crippen LogP contribution in [0.4, 0.5) is 20.2 Å². The van der Waals surface area contributed by atoms with Gasteiger partial charge in [0.05, 0.1) is 48.8 Å². The lowest BCUT2D eigenvalue weighted by Crippen LogP contribution is -2.43. The lowest BCUT2D eigenvalue weighted by atomic mass is 10.2. The van der Waals surface area contributed by atoms with E-state index in [0.29, 0.717) is 5.75 Å². The molecular formula is C22H20F2N6O4. The fraction of sp³-hybridized carbons (Fsp3) is 0.318. The minimum absolute atomic E-state index is 0.0175. The average Bonchev–Trinajstić information content (AvgIpc) is 3.17. The van der Waals surface area contributed by atoms with Crippen molar-refractivity contribution in [2.75, 3.05) is 30.3 Å². The second-order valence-corrected chi connectivity index (χ2v) is 7.80. The molecule has 0 bridgehead atoms. The molecule has 0 saturated carbocycles. The second kappa shape index (κ2) is 9.30. The fourth-order valence-electron chi connectivity index (χ4n) is 3.71. The number of nitriles is 1. The van der Waals surface area contributed by atoms with Gasteiger partial charge in [0.2, 0.25) is 5.91 Å². The molecule has 12 heteroatoms. The number of anilines is 2. The van der Waals surface area contributed by atoms with E-state index in [-0.39, 0.29) is 17.8 Å². The molecule has 34 heavy (non-hydrogen) atoms. The van der Waals surface area contributed by atoms with Crippen molar-refractivity contribution < 1.29 is 27.9 Å². The van der Waals surface area contributed by atoms with Gasteiger partial charge < -0.3 is 25.6 Å². The Bertz CT molecular complexity index is 1170. The van der Waals surface area contributed by atoms with Crippen molar-refractivity contribution in [3.63, 3.8) is 0 Å². The molecule has 2 aliphatic rings. The molecule has 0 aliphatic carbocycles. The van der Waals surface area contributed by atoms with Gasteiger partial charge in [-0.15, -0.1) is 0 Å². The Balaban J connectivity index is 1.38. The highest BCUT2D eigenvalue weighted by Gasteiger charge is 2.47. The normalized spacial score (nSPS) is 20.2. The summed E-state index contributed by atoms with van der Waals surface area (Å²) in [6.07, 6.45) is 0.985. The van der Waals surface area contributed by atoms with Gasteiger partial charge in [0.15, 0.2) is 6.10 Å². The molecule has 10 nitrogen and oxygen atoms in total. The summed E-state index contributed by atoms with van der Waals surface area (Å²) in [5, 5.41) is 17.1. The zero-order valence-corrected chi connectivity index (χ0v) is 17.8. The minimum Gasteiger partial charge on any atom is -0.477 e. The Morgan fingerprint density at radius 3 is 2.88 bits per heavy atom. The van der Waals surface area contributed by atoms with E-state index in [4.69, 9.17) is 10.00 Å². The molecule has 0 spiro atoms. The van der Waals surface area contributed by atoms with Crippen LogP contribution in [0.15, 0.2) is 42.7 Å². The summed E-state index contributed by atoms with van der Waals surface area (Å²) in [7, 11) is 0. The van der Waals surface area contributed by atoms with Gasteiger partial charge >= 0.3 is 0 Å². The molecule has 1 fully saturated rings. The molecule has 3 N–H and O–H groups in total. The highest BCUT2D eigenvalue weighted by atomic mass is 19.3. The van der Waals surface area contributed by atoms with Gasteiger partial charge in [0.1, 0.15) is 11.8 Å². The zero-order valence-electron chi connectivity index (χ0n) is 17.8. The summed E-state index contributed by atoms with van der Waals surface area (Å²) in [5.41, 5.74) is 0.860. The van der Waals surface area contributed by atoms with Crippen molar-refractivity contribution in [1.82, 2.24) is 15.2 Å². The molecule has 1 aromatic carbocycles. The van der Waals surface area contributed by atoms with Gasteiger partial charge in [-0.2, -0.15) is 5.26 Å². The van der Waals surface area contributed by atoms with E-state index in [1.807, 2.05) is 12.1 Å². The third-order valence-electron chi connectivity index (χ3n) is 5.39. The summed E-state index contributed by atoms with van der Waals surface area (Å²) in [6, 6.07) is 8.89. The molecule has 176 valence electrons. The zero-order chi connectivity index (χ0) is 24.3. The Kier molecular flexibility index (Phi) is 6.27. The Labute approximate surface area is 192 Å². The van der Waals surface area contributed by atoms with Crippen LogP contribution in [0.1, 0.15) is 16.8 Å². The number of para-hydroxylation sites is 2. The molecule has 2 aliphatic heterocycles. The summed E-state index contributed by atoms with van der Waals surface area (Å²) >= 11 is 0. The van der Waals surface area contributed by atoms with Gasteiger partial charge in [0.25, 0.3) is 17.7 Å². The van der Waals surface area contributed by atoms with E-state index in [0.717, 1.165) is 10.6 Å². The third-order valence-corrected chi connectivity index (χ3v) is 5.39. The number of ether oxygens (including phenoxy) is 1. The number of rotatable bonds is 5. The fourth-order valence-corrected chi connectivity index (χ4v) is 3.71. The van der Waals surface area contributed by atoms with Gasteiger partial charge in [-0.1, -0.05) is 12.1 Å². The van der Waals surface area contributed by atoms with Crippen LogP contribution in [0.3, 0.4) is 0 Å². The first kappa shape index (κ1) is 22.9. The Morgan fingerprint density at radius 1 is 1.29 bits per heavy atom. The van der Waals surface area contributed by atoms with Crippen molar-refractivity contribution in [2.24, 2.45) is 0 Å². The standard InChI is InChI=1S/C22H20F2N6O4/c23-22(24)7-13(8-25)30(12-22)19(31)11-28-20(32)14-5-6-26-9-16(14)29-21(33)18-10-27-15-3-1-2-4-17(15)34-18/h1-6,9,13,18,27H,7,10-12H2,(H,28,32)(H,29,33)/t13-,18?/m0/s1. The number of hydrogen-bond donors (Lipinski definition) is 3. The van der Waals surface area contributed by atoms with E-state index >= 15 is 0 Å². The number of hydrogen-bond acceptors (Lipinski definition) is 7. The smallest absolute Gasteiger partial charge is 0.268 e. The van der Waals surface area contributed by atoms with Crippen LogP contribution in [0, 0.1) is 11.3 Å². The number of aromatic nitrogens is 1. The Morgan fingerprint density at radius 2 is 2.09 bits per heavy atom. The first-order valence-electron chi connectivity index (χ1n) is 10.4. The van der Waals surface area contributed by atoms with Crippen molar-refractivity contribution in [3.8, 4) is 11.8 Å². The monoisotopic (exact) mass is 470 g/mol. The SMILES string of the molecule is N#C[C@@H]1CC(F)(F)CN1C(=O)CNC(=O)c1ccncc1NC(=O)C1CNc2ccccc2O1. The minimum atomic E-state index is -3.15. The molecule has 1 unspecified atom stereocenters. The van der Waals surface area contributed by atoms with Crippen LogP contribution in [-0.2, 0) is 9.59 Å². The quantitative estimate of drug-likeness (QED) is 0.601. The number of benzene rings is 1. The average molecular weight is 470 g/mol. The molecule has 4 rings (SSSR count). The van der Waals surface area contributed by atoms with E-state index in [1.54, 1.807) is 18.2 Å². The maximum absolute atomic E-state index is 13.6. The highest BCUT2D eigenvalue weighted by Crippen LogP contribution is 2.31. The van der Waals surface area contributed by atoms with Crippen LogP contribution in [0.2, 0.25) is 0 Å². The number of alkyl halides is 2. The molecule has 2 aromatic rings. The van der Waals surface area contributed by atoms with Crippen LogP contribution in [0.25, 0.3) is 0 Å². The molecule has 0 radical (unpaired) electrons. The Hall–Kier alpha value is -4.27. The summed E-state index contributed by atoms with van der Waals surface area (Å²) < 4.78 is 32.8. The molecular weight excluding hydrogens is 450 g/mol. The maximum atomic E-state index is 13.6. The number of fused-ring (bicyclic) bond motifs is 1. The second-order valence-electron chi connectivity index (χ2n) is 7.80. The summed E-state index contributed by atoms with van der Waals surface area (Å²) in [6.45, 7) is -1.26. The third kappa shape index (κ3) is 4.88. The van der Waals surface area contributed by atoms with E-state index in [9.17, 15) is 23.2 Å². The maximum Gasteiger partial charge on any atom is 0.268 e. The van der Waals surface area contributed by atoms with Crippen LogP contribution < -0.4 is 20.7 Å². The number of carbonyl (C=O) groups excluding carboxylic acids is 3. The van der Waals surface area contributed by atoms with Crippen molar-refractivity contribution in [1.29, 1.82) is 5.26 Å². The summed E-state index contributed by atoms with van der Waals surface area (Å²) in [4.78, 5) is 42.4. The predicted molar refractivity (Wildman–Crippen MR) is 115 cm³/mol. The largest absolute Gasteiger partial charge is 0.477 e. The van der Waals surface area contributed by atoms with Crippen molar-refractivity contribution in [2.45, 2.75) is 24.5 Å². The van der Waals surface area contributed by atoms with E-state index < -0.39 is 55.3 Å². The van der Waals surface area contributed by atoms with Crippen LogP contribution in [0.5, 0.6) is 5.75 Å². The number of pyridine rings is 1. The van der Waals surface area contributed by atoms with Gasteiger partial charge in [-0.05, 0) is 18.2 Å². The molecule has 1 saturated heterocycles. The van der Waals surface area contributed by atoms with Crippen molar-refractivity contribution >= 4 is 29.1 Å². The molecule has 2 atom stereocenters. The van der Waals surface area contributed by atoms with Crippen LogP contribution in [-0.4, -0.2) is 65.3 Å². The number of amides is 3. The van der Waals surface area contributed by atoms with Gasteiger partial charge in [0, 0.05) is 12.6 Å². The molecule has 3 amide bonds. The summed E-state index contributed by atoms with van der Waals surface area (Å²) in [5.74, 6) is -4.69. The lowest BCUT2D eigenvalue weighted by molar-refractivity contribution is -0.131. The number of halogens is 2. The highest BCUT2D eigenvalue weighted by molar-refractivity contribution is 6.05. The molecule has 3 heterocycles. The number of likely N-dealkylation sites (tertiary alicyclic amines) is 1. The van der Waals surface area contributed by atoms with E-state index in [1.165, 1.54) is 18.5 Å². The van der Waals surface area contributed by atoms with Gasteiger partial charge in [-0.25, -0.2) is 8.78 Å². The number of nitrogens with one attached hydrogen (secondary N) is 3. The number of carbonyl (C=O) groups is 3. The number of nitrogens with zero attached hydrogens (tertiary/aromatic N) is 3. The van der Waals surface area contributed by atoms with Gasteiger partial charge in [-0.3, -0.25) is 19.4 Å². The van der Waals surface area contributed by atoms with E-state index in [2.05, 4.69) is 20.9 Å². The lowest BCUT2D eigenvalue weighted by Gasteiger charge is -2.26. The predicted octanol–water partition coefficient (Wildman–Crippen LogP) is 1.38. The van der Waals surface area contributed by atoms with Crippen molar-refractivity contribution in [3.05, 3.63) is 48.3 Å². The van der Waals surface area contributed by atoms with Crippen LogP contribution >= 0.6 is 0 Å².